The zero-order valence-electron chi connectivity index (χ0n) is 11.9. The molecule has 0 spiro atoms. The van der Waals surface area contributed by atoms with E-state index < -0.39 is 0 Å². The molecule has 0 atom stereocenters. The van der Waals surface area contributed by atoms with E-state index in [1.165, 1.54) is 20.9 Å². The van der Waals surface area contributed by atoms with E-state index in [0.717, 1.165) is 11.5 Å². The van der Waals surface area contributed by atoms with Gasteiger partial charge in [0.25, 0.3) is 0 Å². The molecule has 2 aromatic rings. The molecule has 2 aromatic carbocycles. The van der Waals surface area contributed by atoms with Crippen molar-refractivity contribution in [2.75, 3.05) is 11.5 Å². The highest BCUT2D eigenvalue weighted by atomic mass is 32.2. The van der Waals surface area contributed by atoms with Gasteiger partial charge in [0.1, 0.15) is 0 Å². The number of hydrogen-bond donors (Lipinski definition) is 1. The molecule has 0 saturated carbocycles. The molecule has 0 fully saturated rings. The summed E-state index contributed by atoms with van der Waals surface area (Å²) in [5.74, 6) is 1.48. The third-order valence-electron chi connectivity index (χ3n) is 3.05. The summed E-state index contributed by atoms with van der Waals surface area (Å²) in [6, 6.07) is 16.6. The molecule has 1 nitrogen and oxygen atoms in total. The van der Waals surface area contributed by atoms with Crippen molar-refractivity contribution in [3.63, 3.8) is 0 Å². The van der Waals surface area contributed by atoms with Gasteiger partial charge in [0.2, 0.25) is 0 Å². The van der Waals surface area contributed by atoms with Crippen LogP contribution >= 0.6 is 23.5 Å². The number of hydrogen-bond acceptors (Lipinski definition) is 3. The van der Waals surface area contributed by atoms with E-state index in [0.29, 0.717) is 0 Å². The zero-order valence-corrected chi connectivity index (χ0v) is 13.5. The number of aryl methyl sites for hydroxylation is 2. The summed E-state index contributed by atoms with van der Waals surface area (Å²) in [6.07, 6.45) is -0.288. The van der Waals surface area contributed by atoms with E-state index >= 15 is 0 Å². The van der Waals surface area contributed by atoms with Crippen LogP contribution < -0.4 is 0 Å². The Morgan fingerprint density at radius 3 is 1.60 bits per heavy atom. The van der Waals surface area contributed by atoms with E-state index in [-0.39, 0.29) is 6.10 Å². The SMILES string of the molecule is Cc1ccccc1SCC(O)CSc1ccccc1C. The van der Waals surface area contributed by atoms with Gasteiger partial charge in [-0.15, -0.1) is 23.5 Å². The lowest BCUT2D eigenvalue weighted by Gasteiger charge is -2.12. The van der Waals surface area contributed by atoms with Crippen molar-refractivity contribution in [2.24, 2.45) is 0 Å². The molecular formula is C17H20OS2. The molecule has 1 N–H and O–H groups in total. The summed E-state index contributed by atoms with van der Waals surface area (Å²) in [5, 5.41) is 10.1. The van der Waals surface area contributed by atoms with Gasteiger partial charge in [-0.3, -0.25) is 0 Å². The van der Waals surface area contributed by atoms with Gasteiger partial charge in [-0.1, -0.05) is 36.4 Å². The van der Waals surface area contributed by atoms with Crippen LogP contribution in [-0.4, -0.2) is 22.7 Å². The third-order valence-corrected chi connectivity index (χ3v) is 5.69. The number of thioether (sulfide) groups is 2. The van der Waals surface area contributed by atoms with E-state index in [4.69, 9.17) is 0 Å². The Hall–Kier alpha value is -0.900. The van der Waals surface area contributed by atoms with Crippen LogP contribution in [0.25, 0.3) is 0 Å². The van der Waals surface area contributed by atoms with Gasteiger partial charge in [-0.05, 0) is 37.1 Å². The maximum atomic E-state index is 10.1. The summed E-state index contributed by atoms with van der Waals surface area (Å²) in [5.41, 5.74) is 2.55. The Morgan fingerprint density at radius 1 is 0.800 bits per heavy atom. The predicted molar refractivity (Wildman–Crippen MR) is 89.8 cm³/mol. The molecule has 3 heteroatoms. The molecule has 0 aliphatic carbocycles. The molecule has 0 aromatic heterocycles. The van der Waals surface area contributed by atoms with Crippen LogP contribution in [0.15, 0.2) is 58.3 Å². The van der Waals surface area contributed by atoms with E-state index in [1.54, 1.807) is 23.5 Å². The fraction of sp³-hybridized carbons (Fsp3) is 0.294. The van der Waals surface area contributed by atoms with Crippen LogP contribution in [-0.2, 0) is 0 Å². The Balaban J connectivity index is 1.80. The van der Waals surface area contributed by atoms with Crippen molar-refractivity contribution >= 4 is 23.5 Å². The Bertz CT molecular complexity index is 505. The van der Waals surface area contributed by atoms with Gasteiger partial charge in [0.15, 0.2) is 0 Å². The fourth-order valence-electron chi connectivity index (χ4n) is 1.86. The van der Waals surface area contributed by atoms with Crippen molar-refractivity contribution in [3.05, 3.63) is 59.7 Å². The summed E-state index contributed by atoms with van der Waals surface area (Å²) < 4.78 is 0. The van der Waals surface area contributed by atoms with Crippen molar-refractivity contribution in [1.29, 1.82) is 0 Å². The van der Waals surface area contributed by atoms with Crippen LogP contribution in [0.3, 0.4) is 0 Å². The summed E-state index contributed by atoms with van der Waals surface area (Å²) in [6.45, 7) is 4.22. The predicted octanol–water partition coefficient (Wildman–Crippen LogP) is 4.55. The van der Waals surface area contributed by atoms with Gasteiger partial charge in [0.05, 0.1) is 6.10 Å². The lowest BCUT2D eigenvalue weighted by Crippen LogP contribution is -2.13. The molecule has 106 valence electrons. The molecule has 0 saturated heterocycles. The van der Waals surface area contributed by atoms with Crippen LogP contribution in [0.4, 0.5) is 0 Å². The fourth-order valence-corrected chi connectivity index (χ4v) is 3.93. The lowest BCUT2D eigenvalue weighted by molar-refractivity contribution is 0.225. The van der Waals surface area contributed by atoms with Gasteiger partial charge in [-0.2, -0.15) is 0 Å². The monoisotopic (exact) mass is 304 g/mol. The molecule has 20 heavy (non-hydrogen) atoms. The molecule has 0 radical (unpaired) electrons. The second kappa shape index (κ2) is 7.77. The van der Waals surface area contributed by atoms with Crippen molar-refractivity contribution < 1.29 is 5.11 Å². The number of benzene rings is 2. The first kappa shape index (κ1) is 15.5. The van der Waals surface area contributed by atoms with Crippen LogP contribution in [0.1, 0.15) is 11.1 Å². The quantitative estimate of drug-likeness (QED) is 0.791. The normalized spacial score (nSPS) is 11.0. The zero-order chi connectivity index (χ0) is 14.4. The first-order chi connectivity index (χ1) is 9.66. The molecule has 0 aliphatic heterocycles. The largest absolute Gasteiger partial charge is 0.391 e. The Kier molecular flexibility index (Phi) is 6.02. The maximum Gasteiger partial charge on any atom is 0.0727 e. The molecule has 2 rings (SSSR count). The minimum Gasteiger partial charge on any atom is -0.391 e. The standard InChI is InChI=1S/C17H20OS2/c1-13-7-3-5-9-16(13)19-11-15(18)12-20-17-10-6-4-8-14(17)2/h3-10,15,18H,11-12H2,1-2H3. The molecule has 0 amide bonds. The summed E-state index contributed by atoms with van der Waals surface area (Å²) >= 11 is 3.46. The number of rotatable bonds is 6. The molecule has 0 heterocycles. The average Bonchev–Trinajstić information content (AvgIpc) is 2.45. The molecule has 0 bridgehead atoms. The van der Waals surface area contributed by atoms with Gasteiger partial charge < -0.3 is 5.11 Å². The average molecular weight is 304 g/mol. The number of aliphatic hydroxyl groups excluding tert-OH is 1. The van der Waals surface area contributed by atoms with Gasteiger partial charge in [0, 0.05) is 21.3 Å². The maximum absolute atomic E-state index is 10.1. The first-order valence-corrected chi connectivity index (χ1v) is 8.69. The van der Waals surface area contributed by atoms with Crippen LogP contribution in [0, 0.1) is 13.8 Å². The lowest BCUT2D eigenvalue weighted by atomic mass is 10.2. The minimum atomic E-state index is -0.288. The molecule has 0 aliphatic rings. The first-order valence-electron chi connectivity index (χ1n) is 6.71. The Labute approximate surface area is 129 Å². The van der Waals surface area contributed by atoms with Gasteiger partial charge >= 0.3 is 0 Å². The highest BCUT2D eigenvalue weighted by molar-refractivity contribution is 8.00. The topological polar surface area (TPSA) is 20.2 Å². The smallest absolute Gasteiger partial charge is 0.0727 e. The summed E-state index contributed by atoms with van der Waals surface area (Å²) in [7, 11) is 0. The van der Waals surface area contributed by atoms with E-state index in [2.05, 4.69) is 38.1 Å². The van der Waals surface area contributed by atoms with E-state index in [9.17, 15) is 5.11 Å². The van der Waals surface area contributed by atoms with Crippen LogP contribution in [0.5, 0.6) is 0 Å². The van der Waals surface area contributed by atoms with Crippen molar-refractivity contribution in [3.8, 4) is 0 Å². The highest BCUT2D eigenvalue weighted by Gasteiger charge is 2.08. The van der Waals surface area contributed by atoms with Gasteiger partial charge in [-0.25, -0.2) is 0 Å². The third kappa shape index (κ3) is 4.58. The highest BCUT2D eigenvalue weighted by Crippen LogP contribution is 2.26. The number of aliphatic hydroxyl groups is 1. The second-order valence-corrected chi connectivity index (χ2v) is 6.93. The van der Waals surface area contributed by atoms with Crippen molar-refractivity contribution in [1.82, 2.24) is 0 Å². The Morgan fingerprint density at radius 2 is 1.20 bits per heavy atom. The van der Waals surface area contributed by atoms with Crippen LogP contribution in [0.2, 0.25) is 0 Å². The molecular weight excluding hydrogens is 284 g/mol. The minimum absolute atomic E-state index is 0.288. The molecule has 0 unspecified atom stereocenters. The second-order valence-electron chi connectivity index (χ2n) is 4.81. The van der Waals surface area contributed by atoms with Crippen molar-refractivity contribution in [2.45, 2.75) is 29.7 Å². The van der Waals surface area contributed by atoms with E-state index in [1.807, 2.05) is 24.3 Å². The summed E-state index contributed by atoms with van der Waals surface area (Å²) in [4.78, 5) is 2.51.